The molecular formula is C12H24N4O2. The lowest BCUT2D eigenvalue weighted by Gasteiger charge is -2.32. The van der Waals surface area contributed by atoms with Crippen LogP contribution >= 0.6 is 0 Å². The molecule has 18 heavy (non-hydrogen) atoms. The molecule has 6 nitrogen and oxygen atoms in total. The number of carbonyl (C=O) groups excluding carboxylic acids is 2. The van der Waals surface area contributed by atoms with Crippen molar-refractivity contribution in [1.82, 2.24) is 15.1 Å². The number of nitrogens with zero attached hydrogens (tertiary/aromatic N) is 2. The highest BCUT2D eigenvalue weighted by atomic mass is 16.2. The molecule has 0 bridgehead atoms. The topological polar surface area (TPSA) is 78.7 Å². The van der Waals surface area contributed by atoms with Crippen LogP contribution in [0.5, 0.6) is 0 Å². The van der Waals surface area contributed by atoms with Gasteiger partial charge >= 0.3 is 0 Å². The van der Waals surface area contributed by atoms with Crippen molar-refractivity contribution in [3.63, 3.8) is 0 Å². The molecule has 0 radical (unpaired) electrons. The predicted molar refractivity (Wildman–Crippen MR) is 69.9 cm³/mol. The van der Waals surface area contributed by atoms with E-state index >= 15 is 0 Å². The smallest absolute Gasteiger partial charge is 0.236 e. The molecule has 0 aromatic heterocycles. The van der Waals surface area contributed by atoms with E-state index in [-0.39, 0.29) is 17.7 Å². The molecule has 1 saturated heterocycles. The maximum atomic E-state index is 11.8. The van der Waals surface area contributed by atoms with Crippen molar-refractivity contribution in [2.24, 2.45) is 11.7 Å². The number of nitrogens with one attached hydrogen (secondary N) is 1. The zero-order chi connectivity index (χ0) is 13.5. The number of likely N-dealkylation sites (N-methyl/N-ethyl adjacent to an activating group) is 1. The van der Waals surface area contributed by atoms with Gasteiger partial charge in [-0.05, 0) is 19.4 Å². The van der Waals surface area contributed by atoms with Crippen LogP contribution in [0.1, 0.15) is 12.8 Å². The second kappa shape index (κ2) is 7.33. The van der Waals surface area contributed by atoms with Gasteiger partial charge in [-0.15, -0.1) is 0 Å². The van der Waals surface area contributed by atoms with Gasteiger partial charge in [0, 0.05) is 33.7 Å². The van der Waals surface area contributed by atoms with Crippen LogP contribution in [0.25, 0.3) is 0 Å². The lowest BCUT2D eigenvalue weighted by Crippen LogP contribution is -2.46. The number of amides is 2. The fraction of sp³-hybridized carbons (Fsp3) is 0.833. The van der Waals surface area contributed by atoms with Crippen molar-refractivity contribution in [1.29, 1.82) is 0 Å². The minimum atomic E-state index is -0.0136. The average molecular weight is 256 g/mol. The van der Waals surface area contributed by atoms with Gasteiger partial charge in [-0.2, -0.15) is 0 Å². The van der Waals surface area contributed by atoms with Crippen LogP contribution in [0.2, 0.25) is 0 Å². The molecule has 0 spiro atoms. The molecule has 104 valence electrons. The van der Waals surface area contributed by atoms with Crippen molar-refractivity contribution in [2.75, 3.05) is 46.8 Å². The van der Waals surface area contributed by atoms with Gasteiger partial charge in [0.15, 0.2) is 0 Å². The minimum absolute atomic E-state index is 0.0136. The molecule has 0 aliphatic carbocycles. The molecule has 1 fully saturated rings. The zero-order valence-electron chi connectivity index (χ0n) is 11.3. The molecule has 0 saturated carbocycles. The molecular weight excluding hydrogens is 232 g/mol. The number of piperidine rings is 1. The summed E-state index contributed by atoms with van der Waals surface area (Å²) in [6.07, 6.45) is 1.85. The Morgan fingerprint density at radius 2 is 2.17 bits per heavy atom. The van der Waals surface area contributed by atoms with E-state index in [0.29, 0.717) is 26.2 Å². The van der Waals surface area contributed by atoms with Crippen LogP contribution in [0, 0.1) is 5.92 Å². The standard InChI is InChI=1S/C12H24N4O2/c1-15(2)11(17)9-16-7-3-4-10(8-16)12(18)14-6-5-13/h10H,3-9,13H2,1-2H3,(H,14,18). The maximum Gasteiger partial charge on any atom is 0.236 e. The van der Waals surface area contributed by atoms with Gasteiger partial charge in [-0.1, -0.05) is 0 Å². The third kappa shape index (κ3) is 4.62. The first-order valence-corrected chi connectivity index (χ1v) is 6.45. The average Bonchev–Trinajstić information content (AvgIpc) is 2.36. The van der Waals surface area contributed by atoms with Crippen LogP contribution in [-0.2, 0) is 9.59 Å². The number of nitrogens with two attached hydrogens (primary N) is 1. The number of hydrogen-bond acceptors (Lipinski definition) is 4. The summed E-state index contributed by atoms with van der Waals surface area (Å²) in [5.41, 5.74) is 5.36. The highest BCUT2D eigenvalue weighted by Crippen LogP contribution is 2.16. The first-order chi connectivity index (χ1) is 8.54. The molecule has 1 atom stereocenters. The van der Waals surface area contributed by atoms with Crippen molar-refractivity contribution in [2.45, 2.75) is 12.8 Å². The van der Waals surface area contributed by atoms with Crippen LogP contribution in [0.15, 0.2) is 0 Å². The SMILES string of the molecule is CN(C)C(=O)CN1CCCC(C(=O)NCCN)C1. The van der Waals surface area contributed by atoms with Crippen molar-refractivity contribution < 1.29 is 9.59 Å². The second-order valence-electron chi connectivity index (χ2n) is 4.94. The lowest BCUT2D eigenvalue weighted by molar-refractivity contribution is -0.132. The Balaban J connectivity index is 2.40. The lowest BCUT2D eigenvalue weighted by atomic mass is 9.97. The van der Waals surface area contributed by atoms with E-state index in [1.54, 1.807) is 19.0 Å². The van der Waals surface area contributed by atoms with E-state index in [1.165, 1.54) is 0 Å². The van der Waals surface area contributed by atoms with Crippen LogP contribution in [0.3, 0.4) is 0 Å². The Hall–Kier alpha value is -1.14. The van der Waals surface area contributed by atoms with Crippen molar-refractivity contribution >= 4 is 11.8 Å². The third-order valence-corrected chi connectivity index (χ3v) is 3.18. The zero-order valence-corrected chi connectivity index (χ0v) is 11.3. The van der Waals surface area contributed by atoms with E-state index < -0.39 is 0 Å². The number of carbonyl (C=O) groups is 2. The van der Waals surface area contributed by atoms with Gasteiger partial charge in [0.25, 0.3) is 0 Å². The summed E-state index contributed by atoms with van der Waals surface area (Å²) in [4.78, 5) is 27.1. The summed E-state index contributed by atoms with van der Waals surface area (Å²) in [7, 11) is 3.50. The van der Waals surface area contributed by atoms with Gasteiger partial charge in [0.2, 0.25) is 11.8 Å². The Morgan fingerprint density at radius 1 is 1.44 bits per heavy atom. The van der Waals surface area contributed by atoms with Crippen LogP contribution < -0.4 is 11.1 Å². The molecule has 1 rings (SSSR count). The van der Waals surface area contributed by atoms with Crippen molar-refractivity contribution in [3.05, 3.63) is 0 Å². The number of likely N-dealkylation sites (tertiary alicyclic amines) is 1. The van der Waals surface area contributed by atoms with E-state index in [4.69, 9.17) is 5.73 Å². The molecule has 2 amide bonds. The first-order valence-electron chi connectivity index (χ1n) is 6.45. The Kier molecular flexibility index (Phi) is 6.07. The molecule has 3 N–H and O–H groups in total. The Morgan fingerprint density at radius 3 is 2.78 bits per heavy atom. The van der Waals surface area contributed by atoms with Crippen LogP contribution in [0.4, 0.5) is 0 Å². The summed E-state index contributed by atoms with van der Waals surface area (Å²) in [5, 5.41) is 2.81. The van der Waals surface area contributed by atoms with E-state index in [0.717, 1.165) is 19.4 Å². The first kappa shape index (κ1) is 14.9. The fourth-order valence-corrected chi connectivity index (χ4v) is 2.09. The largest absolute Gasteiger partial charge is 0.355 e. The predicted octanol–water partition coefficient (Wildman–Crippen LogP) is -1.14. The molecule has 1 unspecified atom stereocenters. The number of hydrogen-bond donors (Lipinski definition) is 2. The minimum Gasteiger partial charge on any atom is -0.355 e. The normalized spacial score (nSPS) is 20.5. The molecule has 1 aliphatic rings. The monoisotopic (exact) mass is 256 g/mol. The summed E-state index contributed by atoms with van der Waals surface area (Å²) >= 11 is 0. The highest BCUT2D eigenvalue weighted by molar-refractivity contribution is 5.80. The van der Waals surface area contributed by atoms with Crippen LogP contribution in [-0.4, -0.2) is 68.4 Å². The summed E-state index contributed by atoms with van der Waals surface area (Å²) < 4.78 is 0. The Labute approximate surface area is 108 Å². The van der Waals surface area contributed by atoms with Crippen molar-refractivity contribution in [3.8, 4) is 0 Å². The summed E-state index contributed by atoms with van der Waals surface area (Å²) in [6, 6.07) is 0. The summed E-state index contributed by atoms with van der Waals surface area (Å²) in [5.74, 6) is 0.126. The van der Waals surface area contributed by atoms with E-state index in [1.807, 2.05) is 0 Å². The van der Waals surface area contributed by atoms with Gasteiger partial charge in [0.05, 0.1) is 12.5 Å². The maximum absolute atomic E-state index is 11.8. The molecule has 1 aliphatic heterocycles. The Bertz CT molecular complexity index is 294. The fourth-order valence-electron chi connectivity index (χ4n) is 2.09. The van der Waals surface area contributed by atoms with Gasteiger partial charge in [-0.3, -0.25) is 14.5 Å². The molecule has 0 aromatic carbocycles. The van der Waals surface area contributed by atoms with Gasteiger partial charge < -0.3 is 16.0 Å². The quantitative estimate of drug-likeness (QED) is 0.652. The highest BCUT2D eigenvalue weighted by Gasteiger charge is 2.26. The molecule has 6 heteroatoms. The van der Waals surface area contributed by atoms with E-state index in [2.05, 4.69) is 10.2 Å². The summed E-state index contributed by atoms with van der Waals surface area (Å²) in [6.45, 7) is 2.93. The van der Waals surface area contributed by atoms with E-state index in [9.17, 15) is 9.59 Å². The van der Waals surface area contributed by atoms with Gasteiger partial charge in [0.1, 0.15) is 0 Å². The second-order valence-corrected chi connectivity index (χ2v) is 4.94. The molecule has 1 heterocycles. The molecule has 0 aromatic rings. The third-order valence-electron chi connectivity index (χ3n) is 3.18. The van der Waals surface area contributed by atoms with Gasteiger partial charge in [-0.25, -0.2) is 0 Å². The number of rotatable bonds is 5.